The average molecular weight is 202 g/mol. The number of aromatic nitrogens is 3. The van der Waals surface area contributed by atoms with E-state index in [0.717, 1.165) is 5.69 Å². The molecule has 0 aliphatic carbocycles. The summed E-state index contributed by atoms with van der Waals surface area (Å²) in [6.45, 7) is 1.85. The van der Waals surface area contributed by atoms with E-state index >= 15 is 0 Å². The van der Waals surface area contributed by atoms with Gasteiger partial charge in [0.15, 0.2) is 0 Å². The molecule has 0 saturated heterocycles. The Morgan fingerprint density at radius 2 is 2.20 bits per heavy atom. The van der Waals surface area contributed by atoms with E-state index in [2.05, 4.69) is 15.5 Å². The maximum absolute atomic E-state index is 11.6. The summed E-state index contributed by atoms with van der Waals surface area (Å²) in [6, 6.07) is 6.97. The number of nitrogens with zero attached hydrogens (tertiary/aromatic N) is 3. The predicted octanol–water partition coefficient (Wildman–Crippen LogP) is 0.970. The largest absolute Gasteiger partial charge is 0.289 e. The minimum atomic E-state index is -0.276. The summed E-state index contributed by atoms with van der Waals surface area (Å²) in [6.07, 6.45) is 3.19. The van der Waals surface area contributed by atoms with Crippen LogP contribution in [0.3, 0.4) is 0 Å². The van der Waals surface area contributed by atoms with Gasteiger partial charge in [0.05, 0.1) is 11.9 Å². The molecule has 0 aliphatic heterocycles. The molecule has 15 heavy (non-hydrogen) atoms. The first-order valence-corrected chi connectivity index (χ1v) is 4.50. The molecular formula is C10H10N4O. The molecule has 76 valence electrons. The number of hydrogen-bond donors (Lipinski definition) is 1. The Balaban J connectivity index is 2.15. The van der Waals surface area contributed by atoms with E-state index in [4.69, 9.17) is 0 Å². The Kier molecular flexibility index (Phi) is 2.45. The normalized spacial score (nSPS) is 9.93. The van der Waals surface area contributed by atoms with E-state index in [1.165, 1.54) is 4.79 Å². The molecule has 0 saturated carbocycles. The molecule has 0 bridgehead atoms. The first-order valence-electron chi connectivity index (χ1n) is 4.50. The van der Waals surface area contributed by atoms with Crippen LogP contribution in [0.1, 0.15) is 16.2 Å². The molecule has 5 heteroatoms. The lowest BCUT2D eigenvalue weighted by atomic mass is 10.3. The molecule has 2 rings (SSSR count). The van der Waals surface area contributed by atoms with Crippen LogP contribution in [0.2, 0.25) is 0 Å². The van der Waals surface area contributed by atoms with Gasteiger partial charge in [0.1, 0.15) is 5.69 Å². The number of hydrogen-bond acceptors (Lipinski definition) is 3. The van der Waals surface area contributed by atoms with Crippen molar-refractivity contribution in [2.45, 2.75) is 6.92 Å². The zero-order valence-electron chi connectivity index (χ0n) is 8.21. The van der Waals surface area contributed by atoms with Gasteiger partial charge >= 0.3 is 0 Å². The molecule has 2 heterocycles. The van der Waals surface area contributed by atoms with Gasteiger partial charge in [-0.25, -0.2) is 5.43 Å². The molecule has 0 spiro atoms. The smallest absolute Gasteiger partial charge is 0.266 e. The van der Waals surface area contributed by atoms with Crippen molar-refractivity contribution in [1.29, 1.82) is 0 Å². The maximum Gasteiger partial charge on any atom is 0.289 e. The summed E-state index contributed by atoms with van der Waals surface area (Å²) in [5.74, 6) is -0.276. The van der Waals surface area contributed by atoms with Crippen molar-refractivity contribution in [3.8, 4) is 0 Å². The summed E-state index contributed by atoms with van der Waals surface area (Å²) in [7, 11) is 0. The lowest BCUT2D eigenvalue weighted by Crippen LogP contribution is -2.25. The highest BCUT2D eigenvalue weighted by Crippen LogP contribution is 1.96. The minimum Gasteiger partial charge on any atom is -0.266 e. The summed E-state index contributed by atoms with van der Waals surface area (Å²) in [5.41, 5.74) is 3.84. The standard InChI is InChI=1S/C10H10N4O/c1-8-5-7-12-14(8)13-10(15)9-4-2-3-6-11-9/h2-7H,1H3,(H,13,15). The van der Waals surface area contributed by atoms with E-state index in [9.17, 15) is 4.79 Å². The van der Waals surface area contributed by atoms with Crippen LogP contribution >= 0.6 is 0 Å². The second-order valence-corrected chi connectivity index (χ2v) is 3.04. The minimum absolute atomic E-state index is 0.276. The quantitative estimate of drug-likeness (QED) is 0.789. The van der Waals surface area contributed by atoms with Crippen molar-refractivity contribution in [2.24, 2.45) is 0 Å². The maximum atomic E-state index is 11.6. The van der Waals surface area contributed by atoms with E-state index < -0.39 is 0 Å². The SMILES string of the molecule is Cc1ccnn1NC(=O)c1ccccn1. The van der Waals surface area contributed by atoms with Gasteiger partial charge < -0.3 is 0 Å². The van der Waals surface area contributed by atoms with Crippen LogP contribution in [0.25, 0.3) is 0 Å². The van der Waals surface area contributed by atoms with E-state index in [1.54, 1.807) is 36.7 Å². The summed E-state index contributed by atoms with van der Waals surface area (Å²) in [5, 5.41) is 3.94. The fourth-order valence-corrected chi connectivity index (χ4v) is 1.14. The number of carbonyl (C=O) groups is 1. The van der Waals surface area contributed by atoms with Crippen molar-refractivity contribution in [2.75, 3.05) is 5.43 Å². The summed E-state index contributed by atoms with van der Waals surface area (Å²) < 4.78 is 0. The van der Waals surface area contributed by atoms with Gasteiger partial charge in [-0.05, 0) is 25.1 Å². The zero-order valence-corrected chi connectivity index (χ0v) is 8.21. The molecular weight excluding hydrogens is 192 g/mol. The molecule has 0 fully saturated rings. The number of pyridine rings is 1. The number of amides is 1. The van der Waals surface area contributed by atoms with E-state index in [-0.39, 0.29) is 5.91 Å². The third-order valence-electron chi connectivity index (χ3n) is 1.94. The van der Waals surface area contributed by atoms with E-state index in [1.807, 2.05) is 6.92 Å². The van der Waals surface area contributed by atoms with Crippen LogP contribution in [-0.4, -0.2) is 20.8 Å². The van der Waals surface area contributed by atoms with Crippen LogP contribution in [-0.2, 0) is 0 Å². The fraction of sp³-hybridized carbons (Fsp3) is 0.100. The molecule has 0 atom stereocenters. The topological polar surface area (TPSA) is 59.8 Å². The van der Waals surface area contributed by atoms with Gasteiger partial charge in [0, 0.05) is 6.20 Å². The van der Waals surface area contributed by atoms with Crippen molar-refractivity contribution in [3.05, 3.63) is 48.0 Å². The third kappa shape index (κ3) is 2.01. The summed E-state index contributed by atoms with van der Waals surface area (Å²) in [4.78, 5) is 17.0. The van der Waals surface area contributed by atoms with Crippen molar-refractivity contribution < 1.29 is 4.79 Å². The van der Waals surface area contributed by atoms with Crippen LogP contribution in [0.4, 0.5) is 0 Å². The predicted molar refractivity (Wildman–Crippen MR) is 54.9 cm³/mol. The van der Waals surface area contributed by atoms with E-state index in [0.29, 0.717) is 5.69 Å². The Bertz CT molecular complexity index is 463. The van der Waals surface area contributed by atoms with Gasteiger partial charge in [-0.3, -0.25) is 9.78 Å². The molecule has 1 N–H and O–H groups in total. The number of nitrogens with one attached hydrogen (secondary N) is 1. The van der Waals surface area contributed by atoms with Crippen molar-refractivity contribution >= 4 is 5.91 Å². The second kappa shape index (κ2) is 3.91. The highest BCUT2D eigenvalue weighted by Gasteiger charge is 2.07. The Hall–Kier alpha value is -2.17. The molecule has 0 aliphatic rings. The number of aryl methyl sites for hydroxylation is 1. The van der Waals surface area contributed by atoms with Crippen LogP contribution in [0, 0.1) is 6.92 Å². The lowest BCUT2D eigenvalue weighted by molar-refractivity contribution is 0.1000. The highest BCUT2D eigenvalue weighted by molar-refractivity contribution is 5.98. The third-order valence-corrected chi connectivity index (χ3v) is 1.94. The van der Waals surface area contributed by atoms with Crippen LogP contribution in [0.5, 0.6) is 0 Å². The first kappa shape index (κ1) is 9.39. The molecule has 1 amide bonds. The average Bonchev–Trinajstić information content (AvgIpc) is 2.66. The van der Waals surface area contributed by atoms with Crippen molar-refractivity contribution in [1.82, 2.24) is 14.9 Å². The van der Waals surface area contributed by atoms with Gasteiger partial charge in [-0.15, -0.1) is 0 Å². The fourth-order valence-electron chi connectivity index (χ4n) is 1.14. The second-order valence-electron chi connectivity index (χ2n) is 3.04. The number of rotatable bonds is 2. The monoisotopic (exact) mass is 202 g/mol. The Morgan fingerprint density at radius 1 is 1.33 bits per heavy atom. The molecule has 2 aromatic heterocycles. The molecule has 2 aromatic rings. The van der Waals surface area contributed by atoms with Gasteiger partial charge in [0.25, 0.3) is 5.91 Å². The van der Waals surface area contributed by atoms with Gasteiger partial charge in [0.2, 0.25) is 0 Å². The van der Waals surface area contributed by atoms with Crippen LogP contribution in [0.15, 0.2) is 36.7 Å². The Labute approximate surface area is 86.7 Å². The molecule has 0 radical (unpaired) electrons. The zero-order chi connectivity index (χ0) is 10.7. The molecule has 5 nitrogen and oxygen atoms in total. The van der Waals surface area contributed by atoms with Gasteiger partial charge in [-0.2, -0.15) is 9.89 Å². The molecule has 0 aromatic carbocycles. The summed E-state index contributed by atoms with van der Waals surface area (Å²) >= 11 is 0. The lowest BCUT2D eigenvalue weighted by Gasteiger charge is -2.05. The Morgan fingerprint density at radius 3 is 2.80 bits per heavy atom. The van der Waals surface area contributed by atoms with Crippen LogP contribution < -0.4 is 5.43 Å². The highest BCUT2D eigenvalue weighted by atomic mass is 16.2. The molecule has 0 unspecified atom stereocenters. The number of carbonyl (C=O) groups excluding carboxylic acids is 1. The van der Waals surface area contributed by atoms with Crippen molar-refractivity contribution in [3.63, 3.8) is 0 Å². The van der Waals surface area contributed by atoms with Gasteiger partial charge in [-0.1, -0.05) is 6.07 Å². The first-order chi connectivity index (χ1) is 7.27.